The molecule has 0 aliphatic rings. The van der Waals surface area contributed by atoms with Gasteiger partial charge < -0.3 is 10.3 Å². The zero-order chi connectivity index (χ0) is 16.2. The summed E-state index contributed by atoms with van der Waals surface area (Å²) in [5.74, 6) is 5.18. The van der Waals surface area contributed by atoms with Gasteiger partial charge in [-0.25, -0.2) is 18.6 Å². The zero-order valence-electron chi connectivity index (χ0n) is 12.1. The molecule has 0 aromatic carbocycles. The summed E-state index contributed by atoms with van der Waals surface area (Å²) in [5, 5.41) is 10.9. The molecule has 21 heavy (non-hydrogen) atoms. The number of nitrogens with zero attached hydrogens (tertiary/aromatic N) is 3. The Morgan fingerprint density at radius 1 is 1.38 bits per heavy atom. The minimum Gasteiger partial charge on any atom is -0.310 e. The zero-order valence-corrected chi connectivity index (χ0v) is 13.7. The molecule has 9 nitrogen and oxygen atoms in total. The standard InChI is InChI=1S/C10H19N5O4S2/c1-13(2)5-4-6-14(3)21(18,19)9-7-8(15(16)17)10(12-11)20-9/h7,12H,4-6,11H2,1-3H3. The van der Waals surface area contributed by atoms with Crippen molar-refractivity contribution in [1.82, 2.24) is 9.21 Å². The maximum absolute atomic E-state index is 12.3. The van der Waals surface area contributed by atoms with Gasteiger partial charge in [0.05, 0.1) is 4.92 Å². The molecule has 0 bridgehead atoms. The van der Waals surface area contributed by atoms with E-state index in [4.69, 9.17) is 5.84 Å². The topological polar surface area (TPSA) is 122 Å². The number of hydrazine groups is 1. The summed E-state index contributed by atoms with van der Waals surface area (Å²) in [4.78, 5) is 12.1. The van der Waals surface area contributed by atoms with Crippen molar-refractivity contribution in [3.05, 3.63) is 16.2 Å². The van der Waals surface area contributed by atoms with E-state index < -0.39 is 14.9 Å². The molecule has 3 N–H and O–H groups in total. The Labute approximate surface area is 127 Å². The number of nitro groups is 1. The van der Waals surface area contributed by atoms with Crippen LogP contribution in [0, 0.1) is 10.1 Å². The molecule has 0 unspecified atom stereocenters. The highest BCUT2D eigenvalue weighted by molar-refractivity contribution is 7.91. The summed E-state index contributed by atoms with van der Waals surface area (Å²) >= 11 is 0.745. The molecule has 0 fully saturated rings. The van der Waals surface area contributed by atoms with E-state index in [1.54, 1.807) is 0 Å². The number of sulfonamides is 1. The second-order valence-electron chi connectivity index (χ2n) is 4.66. The monoisotopic (exact) mass is 337 g/mol. The molecular weight excluding hydrogens is 318 g/mol. The van der Waals surface area contributed by atoms with Crippen LogP contribution in [-0.4, -0.2) is 56.8 Å². The smallest absolute Gasteiger partial charge is 0.306 e. The fraction of sp³-hybridized carbons (Fsp3) is 0.600. The predicted octanol–water partition coefficient (Wildman–Crippen LogP) is 0.514. The van der Waals surface area contributed by atoms with E-state index in [-0.39, 0.29) is 14.9 Å². The minimum atomic E-state index is -3.75. The second kappa shape index (κ2) is 7.13. The normalized spacial score (nSPS) is 12.1. The van der Waals surface area contributed by atoms with Crippen molar-refractivity contribution in [3.8, 4) is 0 Å². The Hall–Kier alpha value is -1.27. The largest absolute Gasteiger partial charge is 0.310 e. The molecule has 11 heteroatoms. The maximum atomic E-state index is 12.3. The van der Waals surface area contributed by atoms with Crippen molar-refractivity contribution in [2.24, 2.45) is 5.84 Å². The molecule has 0 spiro atoms. The first-order valence-electron chi connectivity index (χ1n) is 6.06. The van der Waals surface area contributed by atoms with Crippen LogP contribution in [0.5, 0.6) is 0 Å². The van der Waals surface area contributed by atoms with Crippen LogP contribution in [0.15, 0.2) is 10.3 Å². The highest BCUT2D eigenvalue weighted by Crippen LogP contribution is 2.37. The Morgan fingerprint density at radius 3 is 2.43 bits per heavy atom. The van der Waals surface area contributed by atoms with Gasteiger partial charge in [-0.1, -0.05) is 11.3 Å². The van der Waals surface area contributed by atoms with E-state index in [2.05, 4.69) is 5.43 Å². The van der Waals surface area contributed by atoms with Gasteiger partial charge in [0.2, 0.25) is 0 Å². The maximum Gasteiger partial charge on any atom is 0.306 e. The first kappa shape index (κ1) is 17.8. The minimum absolute atomic E-state index is 0.0141. The molecule has 1 heterocycles. The molecule has 0 atom stereocenters. The summed E-state index contributed by atoms with van der Waals surface area (Å²) in [6.45, 7) is 1.08. The molecule has 0 aliphatic carbocycles. The quantitative estimate of drug-likeness (QED) is 0.403. The van der Waals surface area contributed by atoms with Crippen molar-refractivity contribution in [2.75, 3.05) is 39.7 Å². The highest BCUT2D eigenvalue weighted by atomic mass is 32.2. The van der Waals surface area contributed by atoms with Crippen LogP contribution in [0.25, 0.3) is 0 Å². The summed E-state index contributed by atoms with van der Waals surface area (Å²) in [6.07, 6.45) is 0.665. The summed E-state index contributed by atoms with van der Waals surface area (Å²) in [5.41, 5.74) is 1.81. The molecule has 1 aromatic rings. The lowest BCUT2D eigenvalue weighted by Crippen LogP contribution is -2.29. The summed E-state index contributed by atoms with van der Waals surface area (Å²) < 4.78 is 25.8. The number of hydrogen-bond donors (Lipinski definition) is 2. The number of nitrogens with one attached hydrogen (secondary N) is 1. The Bertz CT molecular complexity index is 599. The second-order valence-corrected chi connectivity index (χ2v) is 7.99. The molecule has 0 radical (unpaired) electrons. The van der Waals surface area contributed by atoms with Gasteiger partial charge in [0.1, 0.15) is 4.21 Å². The van der Waals surface area contributed by atoms with Gasteiger partial charge in [0.25, 0.3) is 10.0 Å². The average Bonchev–Trinajstić information content (AvgIpc) is 2.82. The van der Waals surface area contributed by atoms with E-state index in [1.165, 1.54) is 11.4 Å². The fourth-order valence-corrected chi connectivity index (χ4v) is 4.27. The van der Waals surface area contributed by atoms with Crippen LogP contribution < -0.4 is 11.3 Å². The Kier molecular flexibility index (Phi) is 6.04. The average molecular weight is 337 g/mol. The third-order valence-electron chi connectivity index (χ3n) is 2.76. The van der Waals surface area contributed by atoms with Crippen LogP contribution in [0.2, 0.25) is 0 Å². The Balaban J connectivity index is 2.94. The van der Waals surface area contributed by atoms with Crippen LogP contribution in [-0.2, 0) is 10.0 Å². The van der Waals surface area contributed by atoms with E-state index in [1.807, 2.05) is 19.0 Å². The number of anilines is 1. The SMILES string of the molecule is CN(C)CCCN(C)S(=O)(=O)c1cc([N+](=O)[O-])c(NN)s1. The van der Waals surface area contributed by atoms with Crippen molar-refractivity contribution in [2.45, 2.75) is 10.6 Å². The molecule has 120 valence electrons. The molecule has 0 saturated heterocycles. The van der Waals surface area contributed by atoms with Crippen molar-refractivity contribution < 1.29 is 13.3 Å². The number of nitrogens with two attached hydrogens (primary N) is 1. The van der Waals surface area contributed by atoms with Gasteiger partial charge in [-0.05, 0) is 27.1 Å². The Morgan fingerprint density at radius 2 is 2.00 bits per heavy atom. The van der Waals surface area contributed by atoms with E-state index in [9.17, 15) is 18.5 Å². The summed E-state index contributed by atoms with van der Waals surface area (Å²) in [7, 11) is 1.50. The van der Waals surface area contributed by atoms with Crippen LogP contribution >= 0.6 is 11.3 Å². The van der Waals surface area contributed by atoms with Crippen molar-refractivity contribution in [1.29, 1.82) is 0 Å². The third kappa shape index (κ3) is 4.35. The van der Waals surface area contributed by atoms with E-state index in [0.717, 1.165) is 23.9 Å². The van der Waals surface area contributed by atoms with Crippen molar-refractivity contribution >= 4 is 32.0 Å². The van der Waals surface area contributed by atoms with Crippen molar-refractivity contribution in [3.63, 3.8) is 0 Å². The van der Waals surface area contributed by atoms with Crippen LogP contribution in [0.1, 0.15) is 6.42 Å². The van der Waals surface area contributed by atoms with E-state index >= 15 is 0 Å². The van der Waals surface area contributed by atoms with Gasteiger partial charge >= 0.3 is 5.69 Å². The summed E-state index contributed by atoms with van der Waals surface area (Å²) in [6, 6.07) is 1.03. The van der Waals surface area contributed by atoms with Gasteiger partial charge in [0, 0.05) is 19.7 Å². The van der Waals surface area contributed by atoms with Gasteiger partial charge in [0.15, 0.2) is 5.00 Å². The third-order valence-corrected chi connectivity index (χ3v) is 6.12. The molecule has 1 rings (SSSR count). The molecule has 0 aliphatic heterocycles. The number of thiophene rings is 1. The molecule has 0 saturated carbocycles. The highest BCUT2D eigenvalue weighted by Gasteiger charge is 2.28. The van der Waals surface area contributed by atoms with Crippen LogP contribution in [0.3, 0.4) is 0 Å². The lowest BCUT2D eigenvalue weighted by atomic mass is 10.4. The van der Waals surface area contributed by atoms with Gasteiger partial charge in [-0.2, -0.15) is 0 Å². The molecule has 1 aromatic heterocycles. The number of rotatable bonds is 8. The van der Waals surface area contributed by atoms with E-state index in [0.29, 0.717) is 13.0 Å². The lowest BCUT2D eigenvalue weighted by molar-refractivity contribution is -0.383. The first-order chi connectivity index (χ1) is 9.70. The number of hydrogen-bond acceptors (Lipinski definition) is 8. The van der Waals surface area contributed by atoms with Crippen LogP contribution in [0.4, 0.5) is 10.7 Å². The fourth-order valence-electron chi connectivity index (χ4n) is 1.61. The molecule has 0 amide bonds. The van der Waals surface area contributed by atoms with Gasteiger partial charge in [-0.3, -0.25) is 10.1 Å². The lowest BCUT2D eigenvalue weighted by Gasteiger charge is -2.17. The van der Waals surface area contributed by atoms with Gasteiger partial charge in [-0.15, -0.1) is 0 Å². The number of nitrogen functional groups attached to an aromatic ring is 1. The molecular formula is C10H19N5O4S2. The predicted molar refractivity (Wildman–Crippen MR) is 81.8 cm³/mol. The first-order valence-corrected chi connectivity index (χ1v) is 8.31.